The van der Waals surface area contributed by atoms with E-state index in [9.17, 15) is 9.59 Å². The number of aromatic nitrogens is 3. The average Bonchev–Trinajstić information content (AvgIpc) is 2.82. The molecule has 2 N–H and O–H groups in total. The fraction of sp³-hybridized carbons (Fsp3) is 0.280. The molecule has 0 aliphatic heterocycles. The molecular weight excluding hydrogens is 418 g/mol. The fourth-order valence-corrected chi connectivity index (χ4v) is 3.69. The molecule has 0 bridgehead atoms. The number of rotatable bonds is 8. The molecule has 0 saturated heterocycles. The highest BCUT2D eigenvalue weighted by molar-refractivity contribution is 5.96. The van der Waals surface area contributed by atoms with Gasteiger partial charge in [-0.05, 0) is 44.0 Å². The third-order valence-electron chi connectivity index (χ3n) is 5.34. The van der Waals surface area contributed by atoms with E-state index in [-0.39, 0.29) is 22.7 Å². The fourth-order valence-electron chi connectivity index (χ4n) is 3.69. The van der Waals surface area contributed by atoms with Crippen molar-refractivity contribution in [1.29, 1.82) is 5.41 Å². The molecule has 3 aromatic heterocycles. The maximum Gasteiger partial charge on any atom is 0.267 e. The molecule has 1 amide bonds. The first-order chi connectivity index (χ1) is 16.0. The van der Waals surface area contributed by atoms with E-state index >= 15 is 0 Å². The zero-order valence-corrected chi connectivity index (χ0v) is 18.7. The summed E-state index contributed by atoms with van der Waals surface area (Å²) >= 11 is 0. The van der Waals surface area contributed by atoms with Gasteiger partial charge in [0.2, 0.25) is 0 Å². The molecule has 0 unspecified atom stereocenters. The number of carbonyl (C=O) groups excluding carboxylic acids is 1. The summed E-state index contributed by atoms with van der Waals surface area (Å²) < 4.78 is 8.71. The molecule has 1 aromatic carbocycles. The van der Waals surface area contributed by atoms with Crippen molar-refractivity contribution in [3.63, 3.8) is 0 Å². The van der Waals surface area contributed by atoms with Crippen LogP contribution in [0.3, 0.4) is 0 Å². The summed E-state index contributed by atoms with van der Waals surface area (Å²) in [4.78, 5) is 30.9. The Bertz CT molecular complexity index is 1410. The Hall–Kier alpha value is -3.78. The summed E-state index contributed by atoms with van der Waals surface area (Å²) in [7, 11) is 0. The Labute approximate surface area is 191 Å². The first kappa shape index (κ1) is 22.4. The van der Waals surface area contributed by atoms with Gasteiger partial charge in [-0.2, -0.15) is 0 Å². The summed E-state index contributed by atoms with van der Waals surface area (Å²) in [5.74, 6) is -0.407. The van der Waals surface area contributed by atoms with Crippen molar-refractivity contribution >= 4 is 22.6 Å². The van der Waals surface area contributed by atoms with Gasteiger partial charge in [-0.1, -0.05) is 36.4 Å². The van der Waals surface area contributed by atoms with Crippen molar-refractivity contribution in [3.05, 3.63) is 87.8 Å². The van der Waals surface area contributed by atoms with Crippen LogP contribution in [0.15, 0.2) is 65.6 Å². The van der Waals surface area contributed by atoms with Crippen LogP contribution in [0.25, 0.3) is 16.7 Å². The van der Waals surface area contributed by atoms with Crippen LogP contribution in [0.5, 0.6) is 0 Å². The zero-order chi connectivity index (χ0) is 23.4. The number of benzene rings is 1. The molecule has 0 aliphatic rings. The van der Waals surface area contributed by atoms with Gasteiger partial charge in [-0.25, -0.2) is 4.98 Å². The molecule has 0 saturated carbocycles. The number of hydrogen-bond acceptors (Lipinski definition) is 5. The molecule has 4 rings (SSSR count). The van der Waals surface area contributed by atoms with Gasteiger partial charge in [-0.3, -0.25) is 19.4 Å². The standard InChI is InChI=1S/C25H27N5O3/c1-17(2)33-14-8-13-30-22(26)19(24(31)27-16-18-9-4-3-5-10-18)15-20-23(30)28-21-11-6-7-12-29(21)25(20)32/h3-7,9-12,15,17,26H,8,13-14,16H2,1-2H3,(H,27,31). The van der Waals surface area contributed by atoms with E-state index in [4.69, 9.17) is 10.1 Å². The van der Waals surface area contributed by atoms with E-state index in [0.29, 0.717) is 42.8 Å². The molecule has 0 spiro atoms. The molecule has 3 heterocycles. The largest absolute Gasteiger partial charge is 0.379 e. The predicted octanol–water partition coefficient (Wildman–Crippen LogP) is 2.87. The highest BCUT2D eigenvalue weighted by Crippen LogP contribution is 2.11. The molecule has 0 atom stereocenters. The van der Waals surface area contributed by atoms with Gasteiger partial charge >= 0.3 is 0 Å². The average molecular weight is 446 g/mol. The second-order valence-corrected chi connectivity index (χ2v) is 8.08. The molecular formula is C25H27N5O3. The van der Waals surface area contributed by atoms with E-state index in [1.54, 1.807) is 29.0 Å². The molecule has 0 radical (unpaired) electrons. The smallest absolute Gasteiger partial charge is 0.267 e. The van der Waals surface area contributed by atoms with Crippen LogP contribution < -0.4 is 16.4 Å². The van der Waals surface area contributed by atoms with Crippen molar-refractivity contribution in [1.82, 2.24) is 19.3 Å². The van der Waals surface area contributed by atoms with Crippen LogP contribution in [0.2, 0.25) is 0 Å². The summed E-state index contributed by atoms with van der Waals surface area (Å²) in [6, 6.07) is 16.3. The molecule has 0 aliphatic carbocycles. The van der Waals surface area contributed by atoms with Gasteiger partial charge in [-0.15, -0.1) is 0 Å². The van der Waals surface area contributed by atoms with Crippen LogP contribution in [-0.2, 0) is 17.8 Å². The number of pyridine rings is 2. The minimum absolute atomic E-state index is 0.0183. The van der Waals surface area contributed by atoms with Crippen LogP contribution in [0.4, 0.5) is 0 Å². The van der Waals surface area contributed by atoms with Crippen molar-refractivity contribution in [2.75, 3.05) is 6.61 Å². The quantitative estimate of drug-likeness (QED) is 0.322. The summed E-state index contributed by atoms with van der Waals surface area (Å²) in [6.07, 6.45) is 2.37. The summed E-state index contributed by atoms with van der Waals surface area (Å²) in [5.41, 5.74) is 1.70. The molecule has 170 valence electrons. The van der Waals surface area contributed by atoms with Crippen LogP contribution in [0.1, 0.15) is 36.2 Å². The third kappa shape index (κ3) is 4.85. The highest BCUT2D eigenvalue weighted by atomic mass is 16.5. The Morgan fingerprint density at radius 2 is 1.91 bits per heavy atom. The molecule has 33 heavy (non-hydrogen) atoms. The number of fused-ring (bicyclic) bond motifs is 2. The summed E-state index contributed by atoms with van der Waals surface area (Å²) in [6.45, 7) is 5.16. The van der Waals surface area contributed by atoms with Crippen molar-refractivity contribution < 1.29 is 9.53 Å². The Morgan fingerprint density at radius 1 is 1.15 bits per heavy atom. The molecule has 8 heteroatoms. The van der Waals surface area contributed by atoms with Gasteiger partial charge in [0.05, 0.1) is 17.1 Å². The van der Waals surface area contributed by atoms with Gasteiger partial charge in [0.1, 0.15) is 16.8 Å². The lowest BCUT2D eigenvalue weighted by Crippen LogP contribution is -2.35. The number of nitrogens with one attached hydrogen (secondary N) is 2. The lowest BCUT2D eigenvalue weighted by atomic mass is 10.1. The minimum atomic E-state index is -0.407. The van der Waals surface area contributed by atoms with E-state index in [1.165, 1.54) is 10.5 Å². The van der Waals surface area contributed by atoms with Gasteiger partial charge < -0.3 is 14.6 Å². The number of aryl methyl sites for hydroxylation is 1. The van der Waals surface area contributed by atoms with Crippen LogP contribution >= 0.6 is 0 Å². The number of hydrogen-bond donors (Lipinski definition) is 2. The van der Waals surface area contributed by atoms with Crippen molar-refractivity contribution in [2.45, 2.75) is 39.5 Å². The summed E-state index contributed by atoms with van der Waals surface area (Å²) in [5, 5.41) is 11.9. The Kier molecular flexibility index (Phi) is 6.65. The van der Waals surface area contributed by atoms with Gasteiger partial charge in [0.25, 0.3) is 11.5 Å². The topological polar surface area (TPSA) is 101 Å². The Balaban J connectivity index is 1.77. The lowest BCUT2D eigenvalue weighted by molar-refractivity contribution is 0.0748. The van der Waals surface area contributed by atoms with E-state index in [0.717, 1.165) is 5.56 Å². The number of carbonyl (C=O) groups is 1. The molecule has 0 fully saturated rings. The van der Waals surface area contributed by atoms with Crippen LogP contribution in [0, 0.1) is 5.41 Å². The van der Waals surface area contributed by atoms with Crippen molar-refractivity contribution in [3.8, 4) is 0 Å². The maximum absolute atomic E-state index is 13.2. The lowest BCUT2D eigenvalue weighted by Gasteiger charge is -2.15. The highest BCUT2D eigenvalue weighted by Gasteiger charge is 2.17. The van der Waals surface area contributed by atoms with Crippen molar-refractivity contribution in [2.24, 2.45) is 0 Å². The SMILES string of the molecule is CC(C)OCCCn1c(=N)c(C(=O)NCc2ccccc2)cc2c(=O)n3ccccc3nc21. The number of nitrogens with zero attached hydrogens (tertiary/aromatic N) is 3. The third-order valence-corrected chi connectivity index (χ3v) is 5.34. The van der Waals surface area contributed by atoms with E-state index in [2.05, 4.69) is 10.3 Å². The predicted molar refractivity (Wildman–Crippen MR) is 126 cm³/mol. The second kappa shape index (κ2) is 9.79. The normalized spacial score (nSPS) is 11.4. The van der Waals surface area contributed by atoms with E-state index in [1.807, 2.05) is 44.2 Å². The number of amides is 1. The monoisotopic (exact) mass is 445 g/mol. The van der Waals surface area contributed by atoms with Gasteiger partial charge in [0, 0.05) is 25.9 Å². The number of ether oxygens (including phenoxy) is 1. The molecule has 8 nitrogen and oxygen atoms in total. The maximum atomic E-state index is 13.2. The minimum Gasteiger partial charge on any atom is -0.379 e. The zero-order valence-electron chi connectivity index (χ0n) is 18.7. The Morgan fingerprint density at radius 3 is 2.67 bits per heavy atom. The molecule has 4 aromatic rings. The van der Waals surface area contributed by atoms with E-state index < -0.39 is 5.91 Å². The first-order valence-corrected chi connectivity index (χ1v) is 11.0. The second-order valence-electron chi connectivity index (χ2n) is 8.08. The van der Waals surface area contributed by atoms with Gasteiger partial charge in [0.15, 0.2) is 0 Å². The first-order valence-electron chi connectivity index (χ1n) is 11.0. The van der Waals surface area contributed by atoms with Crippen LogP contribution in [-0.4, -0.2) is 32.6 Å².